The molecule has 0 aliphatic heterocycles. The van der Waals surface area contributed by atoms with Crippen LogP contribution in [-0.2, 0) is 19.6 Å². The van der Waals surface area contributed by atoms with Gasteiger partial charge in [-0.3, -0.25) is 0 Å². The Labute approximate surface area is 548 Å². The summed E-state index contributed by atoms with van der Waals surface area (Å²) in [5.74, 6) is 1.17. The molecule has 0 aliphatic carbocycles. The first-order valence-corrected chi connectivity index (χ1v) is 39.9. The summed E-state index contributed by atoms with van der Waals surface area (Å²) in [6, 6.07) is 36.4. The normalized spacial score (nSPS) is 9.65. The molecule has 4 aromatic carbocycles. The molecule has 9 nitrogen and oxygen atoms in total. The van der Waals surface area contributed by atoms with Crippen molar-refractivity contribution in [3.8, 4) is 0 Å². The summed E-state index contributed by atoms with van der Waals surface area (Å²) in [6.45, 7) is 13.2. The van der Waals surface area contributed by atoms with Crippen LogP contribution >= 0.6 is 83.8 Å². The predicted octanol–water partition coefficient (Wildman–Crippen LogP) is -0.730. The number of hydrogen-bond acceptors (Lipinski definition) is 3. The molecule has 0 saturated heterocycles. The minimum absolute atomic E-state index is 0. The van der Waals surface area contributed by atoms with E-state index in [1.807, 2.05) is 30.3 Å². The topological polar surface area (TPSA) is 193 Å². The van der Waals surface area contributed by atoms with Crippen molar-refractivity contribution in [3.63, 3.8) is 0 Å². The zero-order valence-corrected chi connectivity index (χ0v) is 62.8. The molecule has 12 N–H and O–H groups in total. The van der Waals surface area contributed by atoms with Crippen molar-refractivity contribution in [1.29, 1.82) is 0 Å². The molecule has 1 unspecified atom stereocenters. The molecule has 0 aliphatic rings. The van der Waals surface area contributed by atoms with E-state index in [2.05, 4.69) is 187 Å². The van der Waals surface area contributed by atoms with Gasteiger partial charge in [0.2, 0.25) is 0 Å². The van der Waals surface area contributed by atoms with Crippen LogP contribution in [0.5, 0.6) is 0 Å². The molecule has 0 aromatic heterocycles. The largest absolute Gasteiger partial charge is 1.00 e. The van der Waals surface area contributed by atoms with Crippen LogP contribution in [0.2, 0.25) is 18.2 Å². The molecule has 0 heterocycles. The van der Waals surface area contributed by atoms with Crippen molar-refractivity contribution in [1.82, 2.24) is 0 Å². The van der Waals surface area contributed by atoms with Gasteiger partial charge in [-0.2, -0.15) is 0 Å². The SMILES string of the molecule is C.CCC(C)c1ccccc1.CCC[CH2][Sn]([CH2]CC)([CH2]CCC)[c]1cccc(CN=C(N)N)c1.I.II.NC(N)=NCc1cccc([131I])c1.[131I-].[131I-].[CH3][Sn][c]1cccc(CN=C(N)N)c1.[Na+].[Na+]. The van der Waals surface area contributed by atoms with Crippen LogP contribution in [0.3, 0.4) is 0 Å². The van der Waals surface area contributed by atoms with Gasteiger partial charge < -0.3 is 59.4 Å². The Morgan fingerprint density at radius 3 is 1.42 bits per heavy atom. The molecular formula is C47H77I6N9Na2Sn2. The first kappa shape index (κ1) is 82.7. The molecule has 0 fully saturated rings. The Morgan fingerprint density at radius 2 is 1.03 bits per heavy atom. The summed E-state index contributed by atoms with van der Waals surface area (Å²) in [5, 5.41) is 0. The summed E-state index contributed by atoms with van der Waals surface area (Å²) in [7, 11) is 0. The maximum Gasteiger partial charge on any atom is 1.00 e. The Bertz CT molecular complexity index is 1800. The van der Waals surface area contributed by atoms with Crippen LogP contribution in [0.25, 0.3) is 0 Å². The van der Waals surface area contributed by atoms with Gasteiger partial charge in [0.25, 0.3) is 0 Å². The second-order valence-corrected chi connectivity index (χ2v) is 32.0. The Balaban J connectivity index is -0.000000141. The van der Waals surface area contributed by atoms with Gasteiger partial charge >= 0.3 is 295 Å². The summed E-state index contributed by atoms with van der Waals surface area (Å²) in [4.78, 5) is 14.3. The number of nitrogens with zero attached hydrogens (tertiary/aromatic N) is 3. The van der Waals surface area contributed by atoms with E-state index >= 15 is 0 Å². The molecule has 0 bridgehead atoms. The first-order valence-electron chi connectivity index (χ1n) is 20.8. The molecule has 66 heavy (non-hydrogen) atoms. The number of nitrogens with two attached hydrogens (primary N) is 6. The van der Waals surface area contributed by atoms with Crippen molar-refractivity contribution in [3.05, 3.63) is 129 Å². The van der Waals surface area contributed by atoms with E-state index in [1.54, 1.807) is 3.58 Å². The van der Waals surface area contributed by atoms with Crippen molar-refractivity contribution >= 4 is 148 Å². The third-order valence-electron chi connectivity index (χ3n) is 9.70. The van der Waals surface area contributed by atoms with E-state index < -0.39 is 18.4 Å². The summed E-state index contributed by atoms with van der Waals surface area (Å²) >= 11 is 3.87. The molecule has 0 saturated carbocycles. The molecule has 362 valence electrons. The fourth-order valence-corrected chi connectivity index (χ4v) is 24.6. The van der Waals surface area contributed by atoms with Gasteiger partial charge in [-0.15, -0.1) is 24.0 Å². The van der Waals surface area contributed by atoms with Crippen molar-refractivity contribution in [2.24, 2.45) is 49.4 Å². The van der Waals surface area contributed by atoms with Crippen molar-refractivity contribution in [2.75, 3.05) is 0 Å². The van der Waals surface area contributed by atoms with Crippen molar-refractivity contribution in [2.45, 2.75) is 124 Å². The molecule has 1 atom stereocenters. The summed E-state index contributed by atoms with van der Waals surface area (Å²) in [6.07, 6.45) is 7.94. The summed E-state index contributed by atoms with van der Waals surface area (Å²) in [5.41, 5.74) is 36.9. The second-order valence-electron chi connectivity index (χ2n) is 14.5. The van der Waals surface area contributed by atoms with Crippen LogP contribution in [0, 0.1) is 3.57 Å². The fraction of sp³-hybridized carbons (Fsp3) is 0.426. The van der Waals surface area contributed by atoms with E-state index in [4.69, 9.17) is 34.4 Å². The smallest absolute Gasteiger partial charge is 1.00 e. The van der Waals surface area contributed by atoms with Crippen LogP contribution in [-0.4, -0.2) is 57.4 Å². The van der Waals surface area contributed by atoms with Gasteiger partial charge in [-0.25, -0.2) is 4.99 Å². The van der Waals surface area contributed by atoms with Gasteiger partial charge in [0.15, 0.2) is 5.96 Å². The molecule has 0 amide bonds. The van der Waals surface area contributed by atoms with E-state index in [0.717, 1.165) is 5.56 Å². The number of guanidine groups is 3. The van der Waals surface area contributed by atoms with Gasteiger partial charge in [0.05, 0.1) is 6.54 Å². The van der Waals surface area contributed by atoms with Gasteiger partial charge in [-0.05, 0) is 58.2 Å². The van der Waals surface area contributed by atoms with Crippen LogP contribution in [0.1, 0.15) is 109 Å². The zero-order chi connectivity index (χ0) is 45.2. The van der Waals surface area contributed by atoms with E-state index in [1.165, 1.54) is 75.7 Å². The summed E-state index contributed by atoms with van der Waals surface area (Å²) < 4.78 is 8.81. The maximum absolute atomic E-state index is 5.48. The van der Waals surface area contributed by atoms with Crippen molar-refractivity contribution < 1.29 is 107 Å². The van der Waals surface area contributed by atoms with E-state index in [-0.39, 0.29) is 177 Å². The first-order chi connectivity index (χ1) is 28.8. The number of unbranched alkanes of at least 4 members (excludes halogenated alkanes) is 2. The molecule has 2 radical (unpaired) electrons. The fourth-order valence-electron chi connectivity index (χ4n) is 6.34. The van der Waals surface area contributed by atoms with Gasteiger partial charge in [0.1, 0.15) is 0 Å². The van der Waals surface area contributed by atoms with Crippen LogP contribution < -0.4 is 149 Å². The monoisotopic (exact) mass is 1830 g/mol. The van der Waals surface area contributed by atoms with Crippen LogP contribution in [0.15, 0.2) is 118 Å². The quantitative estimate of drug-likeness (QED) is 0.0330. The van der Waals surface area contributed by atoms with E-state index in [0.29, 0.717) is 25.6 Å². The average molecular weight is 1830 g/mol. The number of aliphatic imine (C=N–C) groups is 3. The standard InChI is InChI=1S/C10H14.C8H10IN3.2C8H10N3.2C4H9.C3H7.CH4.CH3.I2.3HI.2Na.2Sn/c1-3-9(2)10-7-5-4-6-8-10;9-7-3-1-2-6(4-7)5-12-8(10)11;2*9-8(10)11-6-7-4-2-1-3-5-7;2*1-3-4-2;1-3-2;;;1-2;;;;;;;/h4-9H,3H2,1-2H3;1-4H,5H2,(H4,10,11,12);2*1-2,4-5H,6H2,(H4,9,10,11);2*1,3-4H2,2H3;1,3H2,2H3;1H4;1H3;;3*1H;;;;/q;;;;;;;;;;;;;2*+1;;/p-2/i;9+4;;;;;;;;;2*1+4;;;;;. The Kier molecular flexibility index (Phi) is 67.6. The molecule has 4 rings (SSSR count). The molecule has 19 heteroatoms. The predicted molar refractivity (Wildman–Crippen MR) is 317 cm³/mol. The number of hydrogen-bond donors (Lipinski definition) is 6. The maximum atomic E-state index is 5.48. The minimum Gasteiger partial charge on any atom is 1.00 e. The zero-order valence-electron chi connectivity index (χ0n) is 40.0. The number of rotatable bonds is 18. The third kappa shape index (κ3) is 41.1. The molecular weight excluding hydrogens is 1750 g/mol. The van der Waals surface area contributed by atoms with Crippen LogP contribution in [0.4, 0.5) is 0 Å². The molecule has 4 aromatic rings. The Morgan fingerprint density at radius 1 is 0.606 bits per heavy atom. The number of benzene rings is 4. The average Bonchev–Trinajstić information content (AvgIpc) is 3.27. The van der Waals surface area contributed by atoms with E-state index in [9.17, 15) is 0 Å². The Hall–Kier alpha value is 2.67. The second kappa shape index (κ2) is 53.9. The van der Waals surface area contributed by atoms with Gasteiger partial charge in [0, 0.05) is 40.8 Å². The minimum atomic E-state index is -2.30. The number of halogens is 6. The van der Waals surface area contributed by atoms with Gasteiger partial charge in [-0.1, -0.05) is 63.7 Å². The molecule has 0 spiro atoms. The third-order valence-corrected chi connectivity index (χ3v) is 28.9.